The van der Waals surface area contributed by atoms with E-state index in [9.17, 15) is 27.2 Å². The molecular weight excluding hydrogens is 432 g/mol. The second-order valence-electron chi connectivity index (χ2n) is 6.90. The summed E-state index contributed by atoms with van der Waals surface area (Å²) in [6.07, 6.45) is 3.67. The van der Waals surface area contributed by atoms with Crippen LogP contribution >= 0.6 is 0 Å². The molecule has 0 aliphatic carbocycles. The fourth-order valence-electron chi connectivity index (χ4n) is 3.22. The lowest BCUT2D eigenvalue weighted by atomic mass is 10.1. The van der Waals surface area contributed by atoms with Crippen LogP contribution in [0.4, 0.5) is 23.2 Å². The minimum Gasteiger partial charge on any atom is -0.435 e. The fourth-order valence-corrected chi connectivity index (χ4v) is 3.22. The first-order chi connectivity index (χ1) is 15.3. The van der Waals surface area contributed by atoms with Gasteiger partial charge in [-0.25, -0.2) is 0 Å². The summed E-state index contributed by atoms with van der Waals surface area (Å²) in [6, 6.07) is 10.2. The van der Waals surface area contributed by atoms with Gasteiger partial charge in [0.2, 0.25) is 11.8 Å². The number of hydrogen-bond acceptors (Lipinski definition) is 4. The lowest BCUT2D eigenvalue weighted by Gasteiger charge is -2.16. The Labute approximate surface area is 181 Å². The van der Waals surface area contributed by atoms with E-state index in [1.54, 1.807) is 23.1 Å². The molecule has 1 saturated heterocycles. The summed E-state index contributed by atoms with van der Waals surface area (Å²) in [5.74, 6) is -1.23. The number of likely N-dealkylation sites (tertiary alicyclic amines) is 1. The first-order valence-electron chi connectivity index (χ1n) is 9.69. The Balaban J connectivity index is 1.67. The second-order valence-corrected chi connectivity index (χ2v) is 6.90. The number of anilines is 1. The van der Waals surface area contributed by atoms with Crippen molar-refractivity contribution in [1.29, 1.82) is 0 Å². The van der Waals surface area contributed by atoms with Crippen LogP contribution in [-0.4, -0.2) is 36.5 Å². The second kappa shape index (κ2) is 10.7. The van der Waals surface area contributed by atoms with Gasteiger partial charge in [0.05, 0.1) is 0 Å². The number of carbonyl (C=O) groups is 2. The summed E-state index contributed by atoms with van der Waals surface area (Å²) in [4.78, 5) is 25.8. The first kappa shape index (κ1) is 23.1. The zero-order valence-electron chi connectivity index (χ0n) is 16.8. The minimum atomic E-state index is -3.19. The Morgan fingerprint density at radius 2 is 1.88 bits per heavy atom. The van der Waals surface area contributed by atoms with Crippen LogP contribution in [0.5, 0.6) is 11.5 Å². The van der Waals surface area contributed by atoms with E-state index >= 15 is 0 Å². The van der Waals surface area contributed by atoms with Crippen molar-refractivity contribution in [1.82, 2.24) is 4.90 Å². The molecule has 170 valence electrons. The minimum absolute atomic E-state index is 0.0726. The van der Waals surface area contributed by atoms with E-state index < -0.39 is 24.9 Å². The van der Waals surface area contributed by atoms with Crippen LogP contribution in [0.1, 0.15) is 24.0 Å². The van der Waals surface area contributed by atoms with Gasteiger partial charge in [-0.3, -0.25) is 9.59 Å². The number of nitrogens with zero attached hydrogens (tertiary/aromatic N) is 1. The number of benzene rings is 2. The highest BCUT2D eigenvalue weighted by Gasteiger charge is 2.20. The topological polar surface area (TPSA) is 67.9 Å². The zero-order chi connectivity index (χ0) is 23.1. The van der Waals surface area contributed by atoms with Crippen molar-refractivity contribution in [2.75, 3.05) is 11.9 Å². The van der Waals surface area contributed by atoms with Gasteiger partial charge in [0.15, 0.2) is 0 Å². The average Bonchev–Trinajstić information content (AvgIpc) is 3.11. The van der Waals surface area contributed by atoms with E-state index in [1.165, 1.54) is 12.1 Å². The standard InChI is InChI=1S/C22H20F4N2O4/c23-21(24)31-17-8-6-15(18(12-17)32-22(25)26)7-9-19(29)27-16-4-1-3-14(11-16)13-28-10-2-5-20(28)30/h1,3-4,6-9,11-12,21-22H,2,5,10,13H2,(H,27,29)/b9-7+. The third-order valence-electron chi connectivity index (χ3n) is 4.58. The molecule has 1 N–H and O–H groups in total. The lowest BCUT2D eigenvalue weighted by Crippen LogP contribution is -2.23. The highest BCUT2D eigenvalue weighted by molar-refractivity contribution is 6.02. The van der Waals surface area contributed by atoms with E-state index in [-0.39, 0.29) is 17.2 Å². The molecule has 32 heavy (non-hydrogen) atoms. The van der Waals surface area contributed by atoms with Crippen LogP contribution in [0.2, 0.25) is 0 Å². The smallest absolute Gasteiger partial charge is 0.387 e. The molecule has 2 aromatic carbocycles. The first-order valence-corrected chi connectivity index (χ1v) is 9.69. The highest BCUT2D eigenvalue weighted by atomic mass is 19.3. The van der Waals surface area contributed by atoms with Gasteiger partial charge in [-0.15, -0.1) is 0 Å². The van der Waals surface area contributed by atoms with E-state index in [4.69, 9.17) is 0 Å². The molecule has 2 amide bonds. The molecule has 1 fully saturated rings. The average molecular weight is 452 g/mol. The van der Waals surface area contributed by atoms with Crippen molar-refractivity contribution in [2.24, 2.45) is 0 Å². The normalized spacial score (nSPS) is 13.9. The SMILES string of the molecule is O=C(/C=C/c1ccc(OC(F)F)cc1OC(F)F)Nc1cccc(CN2CCCC2=O)c1. The summed E-state index contributed by atoms with van der Waals surface area (Å²) in [7, 11) is 0. The number of rotatable bonds is 9. The molecule has 1 heterocycles. The monoisotopic (exact) mass is 452 g/mol. The van der Waals surface area contributed by atoms with Gasteiger partial charge in [0, 0.05) is 42.9 Å². The third kappa shape index (κ3) is 6.73. The molecule has 0 saturated carbocycles. The predicted molar refractivity (Wildman–Crippen MR) is 108 cm³/mol. The molecule has 0 radical (unpaired) electrons. The molecule has 0 aromatic heterocycles. The van der Waals surface area contributed by atoms with Crippen molar-refractivity contribution in [3.8, 4) is 11.5 Å². The molecule has 0 atom stereocenters. The maximum absolute atomic E-state index is 12.6. The molecule has 0 spiro atoms. The number of ether oxygens (including phenoxy) is 2. The Morgan fingerprint density at radius 1 is 1.09 bits per heavy atom. The maximum Gasteiger partial charge on any atom is 0.387 e. The summed E-state index contributed by atoms with van der Waals surface area (Å²) < 4.78 is 58.5. The molecule has 2 aromatic rings. The molecule has 3 rings (SSSR count). The number of amides is 2. The van der Waals surface area contributed by atoms with Crippen molar-refractivity contribution in [2.45, 2.75) is 32.6 Å². The van der Waals surface area contributed by atoms with Crippen molar-refractivity contribution in [3.63, 3.8) is 0 Å². The van der Waals surface area contributed by atoms with Crippen LogP contribution in [0, 0.1) is 0 Å². The highest BCUT2D eigenvalue weighted by Crippen LogP contribution is 2.28. The summed E-state index contributed by atoms with van der Waals surface area (Å²) >= 11 is 0. The Morgan fingerprint density at radius 3 is 2.56 bits per heavy atom. The van der Waals surface area contributed by atoms with Gasteiger partial charge in [0.25, 0.3) is 0 Å². The van der Waals surface area contributed by atoms with Crippen LogP contribution in [0.3, 0.4) is 0 Å². The largest absolute Gasteiger partial charge is 0.435 e. The molecular formula is C22H20F4N2O4. The zero-order valence-corrected chi connectivity index (χ0v) is 16.8. The van der Waals surface area contributed by atoms with Gasteiger partial charge in [-0.2, -0.15) is 17.6 Å². The Kier molecular flexibility index (Phi) is 7.69. The molecule has 0 bridgehead atoms. The van der Waals surface area contributed by atoms with Crippen molar-refractivity contribution >= 4 is 23.6 Å². The van der Waals surface area contributed by atoms with Crippen LogP contribution in [0.15, 0.2) is 48.5 Å². The Bertz CT molecular complexity index is 998. The van der Waals surface area contributed by atoms with E-state index in [2.05, 4.69) is 14.8 Å². The maximum atomic E-state index is 12.6. The number of halogens is 4. The number of hydrogen-bond donors (Lipinski definition) is 1. The molecule has 1 aliphatic heterocycles. The van der Waals surface area contributed by atoms with Crippen LogP contribution < -0.4 is 14.8 Å². The van der Waals surface area contributed by atoms with Gasteiger partial charge in [0.1, 0.15) is 11.5 Å². The van der Waals surface area contributed by atoms with E-state index in [1.807, 2.05) is 6.07 Å². The van der Waals surface area contributed by atoms with Gasteiger partial charge in [-0.1, -0.05) is 12.1 Å². The molecule has 10 heteroatoms. The van der Waals surface area contributed by atoms with Crippen LogP contribution in [-0.2, 0) is 16.1 Å². The lowest BCUT2D eigenvalue weighted by molar-refractivity contribution is -0.128. The molecule has 1 aliphatic rings. The van der Waals surface area contributed by atoms with Crippen molar-refractivity contribution < 1.29 is 36.6 Å². The van der Waals surface area contributed by atoms with E-state index in [0.29, 0.717) is 25.2 Å². The Hall–Kier alpha value is -3.56. The van der Waals surface area contributed by atoms with Crippen LogP contribution in [0.25, 0.3) is 6.08 Å². The number of nitrogens with one attached hydrogen (secondary N) is 1. The number of carbonyl (C=O) groups excluding carboxylic acids is 2. The summed E-state index contributed by atoms with van der Waals surface area (Å²) in [6.45, 7) is -5.17. The van der Waals surface area contributed by atoms with Crippen molar-refractivity contribution in [3.05, 3.63) is 59.7 Å². The summed E-state index contributed by atoms with van der Waals surface area (Å²) in [5, 5.41) is 2.64. The molecule has 0 unspecified atom stereocenters. The molecule has 6 nitrogen and oxygen atoms in total. The number of alkyl halides is 4. The quantitative estimate of drug-likeness (QED) is 0.444. The van der Waals surface area contributed by atoms with Gasteiger partial charge < -0.3 is 19.7 Å². The van der Waals surface area contributed by atoms with E-state index in [0.717, 1.165) is 30.2 Å². The third-order valence-corrected chi connectivity index (χ3v) is 4.58. The summed E-state index contributed by atoms with van der Waals surface area (Å²) in [5.41, 5.74) is 1.42. The fraction of sp³-hybridized carbons (Fsp3) is 0.273. The van der Waals surface area contributed by atoms with Gasteiger partial charge >= 0.3 is 13.2 Å². The van der Waals surface area contributed by atoms with Gasteiger partial charge in [-0.05, 0) is 42.3 Å². The predicted octanol–water partition coefficient (Wildman–Crippen LogP) is 4.66.